The lowest BCUT2D eigenvalue weighted by molar-refractivity contribution is -0.131. The van der Waals surface area contributed by atoms with Gasteiger partial charge in [0.1, 0.15) is 11.4 Å². The lowest BCUT2D eigenvalue weighted by Crippen LogP contribution is -2.41. The van der Waals surface area contributed by atoms with E-state index in [9.17, 15) is 9.59 Å². The molecule has 0 N–H and O–H groups in total. The van der Waals surface area contributed by atoms with E-state index in [-0.39, 0.29) is 23.9 Å². The van der Waals surface area contributed by atoms with Crippen LogP contribution in [0.15, 0.2) is 58.7 Å². The minimum Gasteiger partial charge on any atom is -0.496 e. The Morgan fingerprint density at radius 2 is 2.07 bits per heavy atom. The molecule has 1 aromatic carbocycles. The fraction of sp³-hybridized carbons (Fsp3) is 0.318. The summed E-state index contributed by atoms with van der Waals surface area (Å²) in [5.74, 6) is 0.776. The van der Waals surface area contributed by atoms with Gasteiger partial charge in [0.05, 0.1) is 31.0 Å². The largest absolute Gasteiger partial charge is 0.496 e. The molecule has 1 atom stereocenters. The third-order valence-corrected chi connectivity index (χ3v) is 6.15. The van der Waals surface area contributed by atoms with Crippen LogP contribution in [0.3, 0.4) is 0 Å². The summed E-state index contributed by atoms with van der Waals surface area (Å²) < 4.78 is 6.86. The van der Waals surface area contributed by atoms with Crippen LogP contribution in [0.1, 0.15) is 18.4 Å². The van der Waals surface area contributed by atoms with Crippen LogP contribution in [0.4, 0.5) is 0 Å². The van der Waals surface area contributed by atoms with Gasteiger partial charge in [-0.1, -0.05) is 24.3 Å². The van der Waals surface area contributed by atoms with Gasteiger partial charge in [0.25, 0.3) is 5.56 Å². The topological polar surface area (TPSA) is 64.4 Å². The van der Waals surface area contributed by atoms with Crippen molar-refractivity contribution in [2.24, 2.45) is 0 Å². The monoisotopic (exact) mass is 409 g/mol. The SMILES string of the molecule is COc1ccccc1CC(=O)N1CCC[C@@H]1Cn1nc(-c2cccs2)ccc1=O. The van der Waals surface area contributed by atoms with Crippen molar-refractivity contribution in [3.05, 3.63) is 69.8 Å². The van der Waals surface area contributed by atoms with Crippen LogP contribution in [-0.4, -0.2) is 40.3 Å². The Kier molecular flexibility index (Phi) is 5.76. The Labute approximate surface area is 173 Å². The van der Waals surface area contributed by atoms with Crippen molar-refractivity contribution in [1.29, 1.82) is 0 Å². The van der Waals surface area contributed by atoms with Crippen molar-refractivity contribution in [1.82, 2.24) is 14.7 Å². The molecule has 29 heavy (non-hydrogen) atoms. The van der Waals surface area contributed by atoms with Crippen molar-refractivity contribution >= 4 is 17.2 Å². The molecular weight excluding hydrogens is 386 g/mol. The van der Waals surface area contributed by atoms with E-state index in [4.69, 9.17) is 4.74 Å². The predicted molar refractivity (Wildman–Crippen MR) is 113 cm³/mol. The van der Waals surface area contributed by atoms with E-state index in [0.29, 0.717) is 13.1 Å². The van der Waals surface area contributed by atoms with Gasteiger partial charge in [0.2, 0.25) is 5.91 Å². The zero-order valence-corrected chi connectivity index (χ0v) is 17.1. The zero-order chi connectivity index (χ0) is 20.2. The quantitative estimate of drug-likeness (QED) is 0.627. The van der Waals surface area contributed by atoms with E-state index in [0.717, 1.165) is 34.7 Å². The number of benzene rings is 1. The molecule has 1 aliphatic heterocycles. The summed E-state index contributed by atoms with van der Waals surface area (Å²) in [5.41, 5.74) is 1.51. The first-order valence-electron chi connectivity index (χ1n) is 9.69. The number of hydrogen-bond acceptors (Lipinski definition) is 5. The van der Waals surface area contributed by atoms with Crippen molar-refractivity contribution in [3.63, 3.8) is 0 Å². The highest BCUT2D eigenvalue weighted by atomic mass is 32.1. The number of rotatable bonds is 6. The summed E-state index contributed by atoms with van der Waals surface area (Å²) in [5, 5.41) is 6.53. The molecule has 6 nitrogen and oxygen atoms in total. The minimum absolute atomic E-state index is 0.0269. The first-order valence-corrected chi connectivity index (χ1v) is 10.6. The maximum atomic E-state index is 13.0. The van der Waals surface area contributed by atoms with E-state index >= 15 is 0 Å². The number of para-hydroxylation sites is 1. The number of hydrogen-bond donors (Lipinski definition) is 0. The molecule has 0 aliphatic carbocycles. The van der Waals surface area contributed by atoms with E-state index in [2.05, 4.69) is 5.10 Å². The van der Waals surface area contributed by atoms with Crippen molar-refractivity contribution in [2.75, 3.05) is 13.7 Å². The first-order chi connectivity index (χ1) is 14.2. The van der Waals surface area contributed by atoms with Crippen LogP contribution in [0.25, 0.3) is 10.6 Å². The lowest BCUT2D eigenvalue weighted by atomic mass is 10.1. The summed E-state index contributed by atoms with van der Waals surface area (Å²) in [4.78, 5) is 28.3. The van der Waals surface area contributed by atoms with Crippen LogP contribution < -0.4 is 10.3 Å². The molecule has 1 aliphatic rings. The van der Waals surface area contributed by atoms with Gasteiger partial charge in [-0.2, -0.15) is 5.10 Å². The smallest absolute Gasteiger partial charge is 0.266 e. The molecule has 0 radical (unpaired) electrons. The summed E-state index contributed by atoms with van der Waals surface area (Å²) >= 11 is 1.59. The number of likely N-dealkylation sites (tertiary alicyclic amines) is 1. The number of carbonyl (C=O) groups is 1. The second-order valence-corrected chi connectivity index (χ2v) is 8.04. The molecular formula is C22H23N3O3S. The number of nitrogens with zero attached hydrogens (tertiary/aromatic N) is 3. The third-order valence-electron chi connectivity index (χ3n) is 5.26. The molecule has 3 aromatic rings. The van der Waals surface area contributed by atoms with Crippen LogP contribution >= 0.6 is 11.3 Å². The van der Waals surface area contributed by atoms with E-state index in [1.54, 1.807) is 30.6 Å². The average molecular weight is 410 g/mol. The molecule has 0 unspecified atom stereocenters. The van der Waals surface area contributed by atoms with Crippen LogP contribution in [-0.2, 0) is 17.8 Å². The molecule has 1 saturated heterocycles. The highest BCUT2D eigenvalue weighted by Gasteiger charge is 2.30. The summed E-state index contributed by atoms with van der Waals surface area (Å²) in [6, 6.07) is 14.8. The number of aromatic nitrogens is 2. The standard InChI is InChI=1S/C22H23N3O3S/c1-28-19-8-3-2-6-16(19)14-22(27)24-12-4-7-17(24)15-25-21(26)11-10-18(23-25)20-9-5-13-29-20/h2-3,5-6,8-11,13,17H,4,7,12,14-15H2,1H3/t17-/m1/s1. The normalized spacial score (nSPS) is 16.2. The average Bonchev–Trinajstić information content (AvgIpc) is 3.42. The molecule has 0 saturated carbocycles. The summed E-state index contributed by atoms with van der Waals surface area (Å²) in [6.07, 6.45) is 2.09. The molecule has 7 heteroatoms. The maximum absolute atomic E-state index is 13.0. The van der Waals surface area contributed by atoms with Crippen LogP contribution in [0.5, 0.6) is 5.75 Å². The van der Waals surface area contributed by atoms with Gasteiger partial charge in [0, 0.05) is 18.2 Å². The van der Waals surface area contributed by atoms with Gasteiger partial charge in [-0.05, 0) is 36.4 Å². The molecule has 1 amide bonds. The van der Waals surface area contributed by atoms with Gasteiger partial charge < -0.3 is 9.64 Å². The Morgan fingerprint density at radius 3 is 2.86 bits per heavy atom. The maximum Gasteiger partial charge on any atom is 0.266 e. The van der Waals surface area contributed by atoms with Crippen molar-refractivity contribution in [2.45, 2.75) is 31.8 Å². The Bertz CT molecular complexity index is 1050. The fourth-order valence-electron chi connectivity index (χ4n) is 3.80. The zero-order valence-electron chi connectivity index (χ0n) is 16.3. The number of thiophene rings is 1. The third kappa shape index (κ3) is 4.24. The van der Waals surface area contributed by atoms with Crippen LogP contribution in [0.2, 0.25) is 0 Å². The number of carbonyl (C=O) groups excluding carboxylic acids is 1. The van der Waals surface area contributed by atoms with Gasteiger partial charge in [0.15, 0.2) is 0 Å². The van der Waals surface area contributed by atoms with Gasteiger partial charge in [-0.3, -0.25) is 9.59 Å². The summed E-state index contributed by atoms with van der Waals surface area (Å²) in [6.45, 7) is 1.12. The molecule has 0 bridgehead atoms. The Hall–Kier alpha value is -2.93. The molecule has 0 spiro atoms. The number of amides is 1. The fourth-order valence-corrected chi connectivity index (χ4v) is 4.49. The number of methoxy groups -OCH3 is 1. The first kappa shape index (κ1) is 19.4. The van der Waals surface area contributed by atoms with Crippen molar-refractivity contribution < 1.29 is 9.53 Å². The minimum atomic E-state index is -0.144. The highest BCUT2D eigenvalue weighted by Crippen LogP contribution is 2.24. The number of ether oxygens (including phenoxy) is 1. The second-order valence-electron chi connectivity index (χ2n) is 7.09. The molecule has 1 fully saturated rings. The van der Waals surface area contributed by atoms with E-state index < -0.39 is 0 Å². The molecule has 3 heterocycles. The van der Waals surface area contributed by atoms with Crippen molar-refractivity contribution in [3.8, 4) is 16.3 Å². The predicted octanol–water partition coefficient (Wildman–Crippen LogP) is 3.21. The highest BCUT2D eigenvalue weighted by molar-refractivity contribution is 7.13. The summed E-state index contributed by atoms with van der Waals surface area (Å²) in [7, 11) is 1.61. The Balaban J connectivity index is 1.51. The molecule has 2 aromatic heterocycles. The van der Waals surface area contributed by atoms with E-state index in [1.807, 2.05) is 46.7 Å². The second kappa shape index (κ2) is 8.61. The molecule has 4 rings (SSSR count). The van der Waals surface area contributed by atoms with Gasteiger partial charge in [-0.15, -0.1) is 11.3 Å². The Morgan fingerprint density at radius 1 is 1.21 bits per heavy atom. The van der Waals surface area contributed by atoms with E-state index in [1.165, 1.54) is 4.68 Å². The lowest BCUT2D eigenvalue weighted by Gasteiger charge is -2.25. The van der Waals surface area contributed by atoms with Gasteiger partial charge >= 0.3 is 0 Å². The molecule has 150 valence electrons. The van der Waals surface area contributed by atoms with Crippen LogP contribution in [0, 0.1) is 0 Å². The van der Waals surface area contributed by atoms with Gasteiger partial charge in [-0.25, -0.2) is 4.68 Å².